The van der Waals surface area contributed by atoms with Crippen molar-refractivity contribution in [3.63, 3.8) is 0 Å². The van der Waals surface area contributed by atoms with Crippen LogP contribution in [0.1, 0.15) is 25.0 Å². The van der Waals surface area contributed by atoms with Crippen molar-refractivity contribution < 1.29 is 17.7 Å². The minimum absolute atomic E-state index is 0.126. The Kier molecular flexibility index (Phi) is 6.38. The summed E-state index contributed by atoms with van der Waals surface area (Å²) in [4.78, 5) is 6.50. The first kappa shape index (κ1) is 20.1. The molecule has 1 aliphatic heterocycles. The molecule has 1 N–H and O–H groups in total. The van der Waals surface area contributed by atoms with Crippen LogP contribution >= 0.6 is 0 Å². The van der Waals surface area contributed by atoms with E-state index in [0.29, 0.717) is 37.3 Å². The minimum Gasteiger partial charge on any atom is -0.385 e. The number of methoxy groups -OCH3 is 1. The summed E-state index contributed by atoms with van der Waals surface area (Å²) in [7, 11) is 0.115. The molecule has 1 aromatic heterocycles. The van der Waals surface area contributed by atoms with Crippen LogP contribution in [0, 0.1) is 5.41 Å². The van der Waals surface area contributed by atoms with Gasteiger partial charge in [0, 0.05) is 59.6 Å². The average molecular weight is 400 g/mol. The van der Waals surface area contributed by atoms with E-state index in [1.807, 2.05) is 0 Å². The van der Waals surface area contributed by atoms with Gasteiger partial charge in [0.05, 0.1) is 5.69 Å². The fourth-order valence-electron chi connectivity index (χ4n) is 3.38. The van der Waals surface area contributed by atoms with Crippen LogP contribution in [0.3, 0.4) is 0 Å². The number of nitrogens with zero attached hydrogens (tertiary/aromatic N) is 4. The number of ether oxygens (including phenoxy) is 1. The molecule has 10 heteroatoms. The third kappa shape index (κ3) is 5.20. The van der Waals surface area contributed by atoms with E-state index in [9.17, 15) is 8.42 Å². The maximum Gasteiger partial charge on any atom is 0.220 e. The number of piperazine rings is 1. The van der Waals surface area contributed by atoms with Gasteiger partial charge in [-0.15, -0.1) is 0 Å². The first-order valence-electron chi connectivity index (χ1n) is 9.30. The number of aliphatic imine (C=N–C) groups is 1. The molecule has 2 aliphatic rings. The van der Waals surface area contributed by atoms with Crippen molar-refractivity contribution in [2.24, 2.45) is 10.4 Å². The lowest BCUT2D eigenvalue weighted by molar-refractivity contribution is 0.172. The van der Waals surface area contributed by atoms with Gasteiger partial charge in [-0.1, -0.05) is 5.16 Å². The molecule has 27 heavy (non-hydrogen) atoms. The van der Waals surface area contributed by atoms with E-state index in [0.717, 1.165) is 25.5 Å². The van der Waals surface area contributed by atoms with Gasteiger partial charge in [0.25, 0.3) is 0 Å². The first-order chi connectivity index (χ1) is 13.0. The van der Waals surface area contributed by atoms with Crippen LogP contribution in [0.15, 0.2) is 21.8 Å². The van der Waals surface area contributed by atoms with Crippen LogP contribution in [0.2, 0.25) is 0 Å². The van der Waals surface area contributed by atoms with Gasteiger partial charge in [0.1, 0.15) is 12.0 Å². The third-order valence-corrected chi connectivity index (χ3v) is 7.19. The molecule has 1 saturated heterocycles. The highest BCUT2D eigenvalue weighted by Gasteiger charge is 2.42. The molecule has 1 aliphatic carbocycles. The first-order valence-corrected chi connectivity index (χ1v) is 10.9. The summed E-state index contributed by atoms with van der Waals surface area (Å²) in [6.07, 6.45) is 4.88. The highest BCUT2D eigenvalue weighted by molar-refractivity contribution is 7.88. The van der Waals surface area contributed by atoms with Crippen LogP contribution in [0.5, 0.6) is 0 Å². The molecule has 152 valence electrons. The lowest BCUT2D eigenvalue weighted by Crippen LogP contribution is -2.54. The molecule has 0 amide bonds. The highest BCUT2D eigenvalue weighted by Crippen LogP contribution is 2.48. The summed E-state index contributed by atoms with van der Waals surface area (Å²) in [5.41, 5.74) is 0.759. The smallest absolute Gasteiger partial charge is 0.220 e. The van der Waals surface area contributed by atoms with Crippen LogP contribution in [0.4, 0.5) is 0 Å². The van der Waals surface area contributed by atoms with Crippen molar-refractivity contribution in [3.8, 4) is 0 Å². The molecule has 0 bridgehead atoms. The summed E-state index contributed by atoms with van der Waals surface area (Å²) >= 11 is 0. The maximum absolute atomic E-state index is 12.5. The zero-order valence-corrected chi connectivity index (χ0v) is 16.9. The Balaban J connectivity index is 1.48. The number of rotatable bonds is 8. The summed E-state index contributed by atoms with van der Waals surface area (Å²) in [6, 6.07) is 1.58. The molecular formula is C17H29N5O4S. The Hall–Kier alpha value is -1.65. The largest absolute Gasteiger partial charge is 0.385 e. The molecule has 1 aromatic rings. The topological polar surface area (TPSA) is 100 Å². The SMILES string of the molecule is CN=C(NCC1(CCOC)CC1)N1CCN(S(=O)(=O)Cc2ccon2)CC1. The van der Waals surface area contributed by atoms with Gasteiger partial charge in [0.2, 0.25) is 10.0 Å². The lowest BCUT2D eigenvalue weighted by atomic mass is 10.0. The van der Waals surface area contributed by atoms with Crippen LogP contribution in [-0.4, -0.2) is 82.2 Å². The normalized spacial score (nSPS) is 20.7. The van der Waals surface area contributed by atoms with E-state index in [4.69, 9.17) is 9.26 Å². The summed E-state index contributed by atoms with van der Waals surface area (Å²) in [5, 5.41) is 7.17. The van der Waals surface area contributed by atoms with E-state index in [1.54, 1.807) is 20.2 Å². The minimum atomic E-state index is -3.39. The zero-order chi connectivity index (χ0) is 19.3. The monoisotopic (exact) mass is 399 g/mol. The number of sulfonamides is 1. The highest BCUT2D eigenvalue weighted by atomic mass is 32.2. The molecule has 3 rings (SSSR count). The van der Waals surface area contributed by atoms with Crippen molar-refractivity contribution in [3.05, 3.63) is 18.0 Å². The lowest BCUT2D eigenvalue weighted by Gasteiger charge is -2.36. The standard InChI is InChI=1S/C17H29N5O4S/c1-18-16(19-14-17(4-5-17)6-12-25-2)21-7-9-22(10-8-21)27(23,24)13-15-3-11-26-20-15/h3,11H,4-10,12-14H2,1-2H3,(H,18,19). The summed E-state index contributed by atoms with van der Waals surface area (Å²) in [6.45, 7) is 3.77. The summed E-state index contributed by atoms with van der Waals surface area (Å²) < 4.78 is 36.5. The Morgan fingerprint density at radius 2 is 2.11 bits per heavy atom. The second kappa shape index (κ2) is 8.57. The molecule has 0 aromatic carbocycles. The quantitative estimate of drug-likeness (QED) is 0.502. The second-order valence-electron chi connectivity index (χ2n) is 7.28. The number of aromatic nitrogens is 1. The van der Waals surface area contributed by atoms with Gasteiger partial charge in [-0.05, 0) is 24.7 Å². The number of hydrogen-bond donors (Lipinski definition) is 1. The van der Waals surface area contributed by atoms with Crippen molar-refractivity contribution in [1.29, 1.82) is 0 Å². The van der Waals surface area contributed by atoms with E-state index < -0.39 is 10.0 Å². The van der Waals surface area contributed by atoms with Gasteiger partial charge < -0.3 is 19.5 Å². The predicted octanol–water partition coefficient (Wildman–Crippen LogP) is 0.514. The van der Waals surface area contributed by atoms with E-state index in [2.05, 4.69) is 20.4 Å². The van der Waals surface area contributed by atoms with Gasteiger partial charge in [-0.2, -0.15) is 4.31 Å². The van der Waals surface area contributed by atoms with Crippen LogP contribution in [0.25, 0.3) is 0 Å². The van der Waals surface area contributed by atoms with Crippen LogP contribution in [-0.2, 0) is 20.5 Å². The van der Waals surface area contributed by atoms with Gasteiger partial charge >= 0.3 is 0 Å². The molecule has 0 atom stereocenters. The van der Waals surface area contributed by atoms with Crippen molar-refractivity contribution in [1.82, 2.24) is 19.7 Å². The van der Waals surface area contributed by atoms with Crippen molar-refractivity contribution in [2.45, 2.75) is 25.0 Å². The molecule has 0 spiro atoms. The Bertz CT molecular complexity index is 723. The molecular weight excluding hydrogens is 370 g/mol. The molecule has 0 unspecified atom stereocenters. The molecule has 2 heterocycles. The third-order valence-electron chi connectivity index (χ3n) is 5.38. The van der Waals surface area contributed by atoms with Gasteiger partial charge in [0.15, 0.2) is 5.96 Å². The Morgan fingerprint density at radius 1 is 1.37 bits per heavy atom. The molecule has 1 saturated carbocycles. The zero-order valence-electron chi connectivity index (χ0n) is 16.1. The molecule has 2 fully saturated rings. The van der Waals surface area contributed by atoms with E-state index >= 15 is 0 Å². The van der Waals surface area contributed by atoms with Gasteiger partial charge in [-0.25, -0.2) is 8.42 Å². The maximum atomic E-state index is 12.5. The Morgan fingerprint density at radius 3 is 2.67 bits per heavy atom. The van der Waals surface area contributed by atoms with E-state index in [-0.39, 0.29) is 5.75 Å². The predicted molar refractivity (Wildman–Crippen MR) is 102 cm³/mol. The number of hydrogen-bond acceptors (Lipinski definition) is 6. The van der Waals surface area contributed by atoms with Crippen LogP contribution < -0.4 is 5.32 Å². The van der Waals surface area contributed by atoms with Crippen molar-refractivity contribution in [2.75, 3.05) is 53.5 Å². The van der Waals surface area contributed by atoms with E-state index in [1.165, 1.54) is 23.4 Å². The summed E-state index contributed by atoms with van der Waals surface area (Å²) in [5.74, 6) is 0.714. The molecule has 0 radical (unpaired) electrons. The number of nitrogens with one attached hydrogen (secondary N) is 1. The second-order valence-corrected chi connectivity index (χ2v) is 9.25. The molecule has 9 nitrogen and oxygen atoms in total. The fourth-order valence-corrected chi connectivity index (χ4v) is 4.80. The van der Waals surface area contributed by atoms with Crippen molar-refractivity contribution >= 4 is 16.0 Å². The fraction of sp³-hybridized carbons (Fsp3) is 0.765. The number of guanidine groups is 1. The Labute approximate surface area is 160 Å². The van der Waals surface area contributed by atoms with Gasteiger partial charge in [-0.3, -0.25) is 4.99 Å². The average Bonchev–Trinajstić information content (AvgIpc) is 3.26.